The Hall–Kier alpha value is -1.77. The number of nitrogens with zero attached hydrogens (tertiary/aromatic N) is 1. The predicted octanol–water partition coefficient (Wildman–Crippen LogP) is 2.17. The fourth-order valence-electron chi connectivity index (χ4n) is 1.58. The summed E-state index contributed by atoms with van der Waals surface area (Å²) in [4.78, 5) is 4.40. The highest BCUT2D eigenvalue weighted by Gasteiger charge is 2.01. The number of pyridine rings is 1. The van der Waals surface area contributed by atoms with E-state index >= 15 is 0 Å². The van der Waals surface area contributed by atoms with Crippen molar-refractivity contribution in [2.45, 2.75) is 6.92 Å². The van der Waals surface area contributed by atoms with E-state index < -0.39 is 0 Å². The fraction of sp³-hybridized carbons (Fsp3) is 0.182. The van der Waals surface area contributed by atoms with Crippen LogP contribution in [0.3, 0.4) is 0 Å². The molecule has 3 N–H and O–H groups in total. The smallest absolute Gasteiger partial charge is 0.126 e. The Morgan fingerprint density at radius 2 is 2.07 bits per heavy atom. The molecule has 0 bridgehead atoms. The average Bonchev–Trinajstić information content (AvgIpc) is 2.16. The van der Waals surface area contributed by atoms with Gasteiger partial charge >= 0.3 is 0 Å². The number of benzene rings is 1. The normalized spacial score (nSPS) is 10.4. The molecule has 1 aromatic carbocycles. The second kappa shape index (κ2) is 3.18. The number of nitrogen functional groups attached to an aromatic ring is 1. The second-order valence-corrected chi connectivity index (χ2v) is 3.32. The van der Waals surface area contributed by atoms with E-state index in [-0.39, 0.29) is 0 Å². The first-order valence-corrected chi connectivity index (χ1v) is 4.55. The average molecular weight is 187 g/mol. The molecule has 0 unspecified atom stereocenters. The molecule has 0 spiro atoms. The number of nitrogens with two attached hydrogens (primary N) is 1. The van der Waals surface area contributed by atoms with Gasteiger partial charge in [-0.25, -0.2) is 4.98 Å². The molecule has 2 rings (SSSR count). The largest absolute Gasteiger partial charge is 0.399 e. The van der Waals surface area contributed by atoms with E-state index in [0.29, 0.717) is 0 Å². The Morgan fingerprint density at radius 1 is 1.29 bits per heavy atom. The van der Waals surface area contributed by atoms with Crippen LogP contribution in [-0.4, -0.2) is 12.0 Å². The van der Waals surface area contributed by atoms with Crippen LogP contribution in [0.4, 0.5) is 11.5 Å². The zero-order chi connectivity index (χ0) is 10.1. The van der Waals surface area contributed by atoms with Crippen LogP contribution < -0.4 is 11.1 Å². The number of hydrogen-bond donors (Lipinski definition) is 2. The van der Waals surface area contributed by atoms with E-state index in [9.17, 15) is 0 Å². The lowest BCUT2D eigenvalue weighted by Crippen LogP contribution is -1.95. The van der Waals surface area contributed by atoms with Gasteiger partial charge in [0.05, 0.1) is 0 Å². The Balaban J connectivity index is 2.77. The third-order valence-electron chi connectivity index (χ3n) is 2.30. The van der Waals surface area contributed by atoms with Crippen LogP contribution in [-0.2, 0) is 0 Å². The molecule has 2 aromatic rings. The summed E-state index contributed by atoms with van der Waals surface area (Å²) in [5, 5.41) is 5.31. The summed E-state index contributed by atoms with van der Waals surface area (Å²) in [5.74, 6) is 0.876. The molecule has 0 saturated carbocycles. The topological polar surface area (TPSA) is 50.9 Å². The third kappa shape index (κ3) is 1.37. The van der Waals surface area contributed by atoms with E-state index in [1.165, 1.54) is 0 Å². The quantitative estimate of drug-likeness (QED) is 0.673. The molecule has 1 heterocycles. The van der Waals surface area contributed by atoms with Crippen molar-refractivity contribution in [3.8, 4) is 0 Å². The van der Waals surface area contributed by atoms with Crippen molar-refractivity contribution in [2.75, 3.05) is 18.1 Å². The van der Waals surface area contributed by atoms with E-state index in [1.807, 2.05) is 38.2 Å². The van der Waals surface area contributed by atoms with Crippen LogP contribution in [0.5, 0.6) is 0 Å². The van der Waals surface area contributed by atoms with Crippen LogP contribution in [0, 0.1) is 6.92 Å². The minimum atomic E-state index is 0.783. The number of aromatic nitrogens is 1. The van der Waals surface area contributed by atoms with Crippen LogP contribution in [0.1, 0.15) is 5.69 Å². The third-order valence-corrected chi connectivity index (χ3v) is 2.30. The number of rotatable bonds is 1. The van der Waals surface area contributed by atoms with E-state index in [4.69, 9.17) is 5.73 Å². The van der Waals surface area contributed by atoms with Crippen molar-refractivity contribution in [1.29, 1.82) is 0 Å². The van der Waals surface area contributed by atoms with Gasteiger partial charge in [-0.2, -0.15) is 0 Å². The zero-order valence-corrected chi connectivity index (χ0v) is 8.33. The summed E-state index contributed by atoms with van der Waals surface area (Å²) >= 11 is 0. The van der Waals surface area contributed by atoms with Gasteiger partial charge in [-0.1, -0.05) is 6.07 Å². The van der Waals surface area contributed by atoms with Crippen molar-refractivity contribution in [2.24, 2.45) is 0 Å². The van der Waals surface area contributed by atoms with Crippen molar-refractivity contribution >= 4 is 22.3 Å². The number of anilines is 2. The van der Waals surface area contributed by atoms with E-state index in [1.54, 1.807) is 0 Å². The van der Waals surface area contributed by atoms with Gasteiger partial charge in [0.15, 0.2) is 0 Å². The van der Waals surface area contributed by atoms with Gasteiger partial charge in [0.2, 0.25) is 0 Å². The summed E-state index contributed by atoms with van der Waals surface area (Å²) in [6, 6.07) is 7.87. The molecule has 0 saturated heterocycles. The molecule has 3 heteroatoms. The first kappa shape index (κ1) is 8.81. The van der Waals surface area contributed by atoms with Gasteiger partial charge in [0.1, 0.15) is 5.82 Å². The number of aryl methyl sites for hydroxylation is 1. The summed E-state index contributed by atoms with van der Waals surface area (Å²) in [7, 11) is 1.86. The van der Waals surface area contributed by atoms with Crippen LogP contribution in [0.15, 0.2) is 24.3 Å². The first-order chi connectivity index (χ1) is 6.70. The van der Waals surface area contributed by atoms with Gasteiger partial charge in [0, 0.05) is 23.8 Å². The number of hydrogen-bond acceptors (Lipinski definition) is 3. The molecule has 72 valence electrons. The maximum atomic E-state index is 5.72. The molecule has 0 aliphatic heterocycles. The molecule has 14 heavy (non-hydrogen) atoms. The molecular formula is C11H13N3. The summed E-state index contributed by atoms with van der Waals surface area (Å²) in [6.45, 7) is 2.00. The van der Waals surface area contributed by atoms with Gasteiger partial charge in [-0.05, 0) is 30.5 Å². The standard InChI is InChI=1S/C11H13N3/c1-7-10-4-3-9(12)5-8(10)6-11(13-2)14-7/h3-6H,12H2,1-2H3,(H,13,14). The predicted molar refractivity (Wildman–Crippen MR) is 60.4 cm³/mol. The molecule has 0 amide bonds. The molecule has 0 aliphatic rings. The summed E-state index contributed by atoms with van der Waals surface area (Å²) in [5.41, 5.74) is 7.53. The highest BCUT2D eigenvalue weighted by Crippen LogP contribution is 2.22. The maximum Gasteiger partial charge on any atom is 0.126 e. The molecule has 0 aliphatic carbocycles. The van der Waals surface area contributed by atoms with Crippen molar-refractivity contribution in [1.82, 2.24) is 4.98 Å². The van der Waals surface area contributed by atoms with Gasteiger partial charge in [0.25, 0.3) is 0 Å². The number of nitrogens with one attached hydrogen (secondary N) is 1. The molecule has 0 radical (unpaired) electrons. The Morgan fingerprint density at radius 3 is 2.79 bits per heavy atom. The van der Waals surface area contributed by atoms with Crippen LogP contribution in [0.25, 0.3) is 10.8 Å². The Kier molecular flexibility index (Phi) is 2.00. The molecule has 1 aromatic heterocycles. The van der Waals surface area contributed by atoms with Gasteiger partial charge in [-0.3, -0.25) is 0 Å². The molecule has 0 atom stereocenters. The van der Waals surface area contributed by atoms with Crippen LogP contribution in [0.2, 0.25) is 0 Å². The summed E-state index contributed by atoms with van der Waals surface area (Å²) in [6.07, 6.45) is 0. The van der Waals surface area contributed by atoms with Crippen molar-refractivity contribution in [3.63, 3.8) is 0 Å². The lowest BCUT2D eigenvalue weighted by atomic mass is 10.1. The van der Waals surface area contributed by atoms with Crippen molar-refractivity contribution < 1.29 is 0 Å². The summed E-state index contributed by atoms with van der Waals surface area (Å²) < 4.78 is 0. The lowest BCUT2D eigenvalue weighted by Gasteiger charge is -2.06. The molecule has 3 nitrogen and oxygen atoms in total. The maximum absolute atomic E-state index is 5.72. The highest BCUT2D eigenvalue weighted by molar-refractivity contribution is 5.89. The Labute approximate surface area is 83.0 Å². The van der Waals surface area contributed by atoms with E-state index in [0.717, 1.165) is 28.0 Å². The minimum absolute atomic E-state index is 0.783. The van der Waals surface area contributed by atoms with Crippen LogP contribution >= 0.6 is 0 Å². The van der Waals surface area contributed by atoms with Gasteiger partial charge < -0.3 is 11.1 Å². The SMILES string of the molecule is CNc1cc2cc(N)ccc2c(C)n1. The fourth-order valence-corrected chi connectivity index (χ4v) is 1.58. The molecular weight excluding hydrogens is 174 g/mol. The Bertz CT molecular complexity index is 477. The zero-order valence-electron chi connectivity index (χ0n) is 8.33. The highest BCUT2D eigenvalue weighted by atomic mass is 15.0. The van der Waals surface area contributed by atoms with Gasteiger partial charge in [-0.15, -0.1) is 0 Å². The first-order valence-electron chi connectivity index (χ1n) is 4.55. The number of fused-ring (bicyclic) bond motifs is 1. The second-order valence-electron chi connectivity index (χ2n) is 3.32. The van der Waals surface area contributed by atoms with Crippen molar-refractivity contribution in [3.05, 3.63) is 30.0 Å². The molecule has 0 fully saturated rings. The van der Waals surface area contributed by atoms with E-state index in [2.05, 4.69) is 10.3 Å². The minimum Gasteiger partial charge on any atom is -0.399 e. The monoisotopic (exact) mass is 187 g/mol. The lowest BCUT2D eigenvalue weighted by molar-refractivity contribution is 1.22.